The summed E-state index contributed by atoms with van der Waals surface area (Å²) < 4.78 is 7.08. The summed E-state index contributed by atoms with van der Waals surface area (Å²) in [6.07, 6.45) is 9.29. The van der Waals surface area contributed by atoms with E-state index in [0.717, 1.165) is 40.3 Å². The van der Waals surface area contributed by atoms with Crippen molar-refractivity contribution < 1.29 is 0 Å². The molecule has 5 aromatic heterocycles. The fourth-order valence-corrected chi connectivity index (χ4v) is 7.36. The first-order valence-corrected chi connectivity index (χ1v) is 16.9. The maximum absolute atomic E-state index is 4.98. The van der Waals surface area contributed by atoms with Gasteiger partial charge in [0, 0.05) is 56.3 Å². The highest BCUT2D eigenvalue weighted by Gasteiger charge is 2.25. The van der Waals surface area contributed by atoms with Crippen molar-refractivity contribution in [1.29, 1.82) is 0 Å². The molecule has 0 saturated heterocycles. The van der Waals surface area contributed by atoms with Gasteiger partial charge in [0.1, 0.15) is 11.6 Å². The van der Waals surface area contributed by atoms with Crippen LogP contribution in [0.2, 0.25) is 0 Å². The van der Waals surface area contributed by atoms with Crippen molar-refractivity contribution in [1.82, 2.24) is 23.7 Å². The quantitative estimate of drug-likeness (QED) is 0.191. The molecule has 0 N–H and O–H groups in total. The summed E-state index contributed by atoms with van der Waals surface area (Å²) in [5.41, 5.74) is 9.35. The summed E-state index contributed by atoms with van der Waals surface area (Å²) in [5, 5.41) is 6.02. The smallest absolute Gasteiger partial charge is 0.137 e. The minimum atomic E-state index is 0.896. The normalized spacial score (nSPS) is 11.8. The molecule has 9 aromatic rings. The number of hydrogen-bond donors (Lipinski definition) is 0. The first kappa shape index (κ1) is 29.5. The van der Waals surface area contributed by atoms with Crippen LogP contribution in [0.4, 0.5) is 0 Å². The van der Waals surface area contributed by atoms with Gasteiger partial charge in [0.15, 0.2) is 0 Å². The molecule has 0 bridgehead atoms. The molecule has 0 aliphatic carbocycles. The van der Waals surface area contributed by atoms with Crippen LogP contribution < -0.4 is 0 Å². The molecule has 0 unspecified atom stereocenters. The van der Waals surface area contributed by atoms with Crippen molar-refractivity contribution in [3.8, 4) is 17.3 Å². The fraction of sp³-hybridized carbons (Fsp3) is 0.116. The van der Waals surface area contributed by atoms with Gasteiger partial charge in [0.05, 0.1) is 27.6 Å². The Morgan fingerprint density at radius 2 is 1.12 bits per heavy atom. The highest BCUT2D eigenvalue weighted by atomic mass is 15.1. The highest BCUT2D eigenvalue weighted by molar-refractivity contribution is 6.29. The van der Waals surface area contributed by atoms with Gasteiger partial charge < -0.3 is 4.57 Å². The van der Waals surface area contributed by atoms with Gasteiger partial charge in [-0.1, -0.05) is 93.6 Å². The average molecular weight is 624 g/mol. The molecule has 0 fully saturated rings. The van der Waals surface area contributed by atoms with Crippen LogP contribution in [0.3, 0.4) is 0 Å². The molecule has 0 amide bonds. The zero-order valence-electron chi connectivity index (χ0n) is 27.7. The lowest BCUT2D eigenvalue weighted by molar-refractivity contribution is 1.05. The van der Waals surface area contributed by atoms with Gasteiger partial charge in [-0.25, -0.2) is 9.97 Å². The van der Waals surface area contributed by atoms with E-state index in [4.69, 9.17) is 9.97 Å². The maximum Gasteiger partial charge on any atom is 0.137 e. The van der Waals surface area contributed by atoms with Gasteiger partial charge in [-0.05, 0) is 67.9 Å². The zero-order chi connectivity index (χ0) is 32.8. The maximum atomic E-state index is 4.98. The third-order valence-corrected chi connectivity index (χ3v) is 9.23. The standard InChI is InChI=1S/C41H31N5.C2H6/c1-3-4-16-29-27(2)44(28-14-6-5-7-15-28)34-23-21-30-31-22-24-35-39(41(31)46(40(30)38(29)34)37-20-11-13-26-43-37)32-17-8-9-18-33(32)45(35)36-19-10-12-25-42-36;1-2/h4-26H,3H2,1-2H3;1-2H3/b16-4-;. The third kappa shape index (κ3) is 4.31. The molecule has 5 nitrogen and oxygen atoms in total. The second-order valence-electron chi connectivity index (χ2n) is 11.8. The Bertz CT molecular complexity index is 2600. The van der Waals surface area contributed by atoms with Crippen LogP contribution >= 0.6 is 0 Å². The number of rotatable bonds is 5. The molecule has 48 heavy (non-hydrogen) atoms. The molecular weight excluding hydrogens is 587 g/mol. The first-order valence-electron chi connectivity index (χ1n) is 16.9. The summed E-state index contributed by atoms with van der Waals surface area (Å²) in [7, 11) is 0. The van der Waals surface area contributed by atoms with Gasteiger partial charge in [-0.3, -0.25) is 9.13 Å². The van der Waals surface area contributed by atoms with Crippen LogP contribution in [0, 0.1) is 6.92 Å². The molecule has 0 radical (unpaired) electrons. The molecule has 4 aromatic carbocycles. The number of benzene rings is 4. The minimum Gasteiger partial charge on any atom is -0.313 e. The molecule has 5 heterocycles. The van der Waals surface area contributed by atoms with Crippen LogP contribution in [0.25, 0.3) is 77.9 Å². The van der Waals surface area contributed by atoms with Crippen LogP contribution in [0.5, 0.6) is 0 Å². The third-order valence-electron chi connectivity index (χ3n) is 9.23. The fourth-order valence-electron chi connectivity index (χ4n) is 7.36. The van der Waals surface area contributed by atoms with Gasteiger partial charge in [0.2, 0.25) is 0 Å². The SMILES string of the molecule is CC.CC/C=C\c1c(C)n(-c2ccccc2)c2ccc3c4ccc5c(c6ccccc6n5-c5ccccn5)c4n(-c4ccccn4)c3c12. The first-order chi connectivity index (χ1) is 23.8. The average Bonchev–Trinajstić information content (AvgIpc) is 3.77. The van der Waals surface area contributed by atoms with Crippen molar-refractivity contribution in [3.05, 3.63) is 145 Å². The molecule has 9 rings (SSSR count). The van der Waals surface area contributed by atoms with Crippen molar-refractivity contribution in [3.63, 3.8) is 0 Å². The molecule has 234 valence electrons. The molecule has 5 heteroatoms. The number of fused-ring (bicyclic) bond motifs is 9. The Hall–Kier alpha value is -5.94. The van der Waals surface area contributed by atoms with E-state index in [1.165, 1.54) is 49.2 Å². The number of pyridine rings is 2. The van der Waals surface area contributed by atoms with Gasteiger partial charge in [0.25, 0.3) is 0 Å². The second-order valence-corrected chi connectivity index (χ2v) is 11.8. The molecule has 0 saturated carbocycles. The summed E-state index contributed by atoms with van der Waals surface area (Å²) in [6.45, 7) is 8.43. The van der Waals surface area contributed by atoms with E-state index in [2.05, 4.69) is 137 Å². The zero-order valence-corrected chi connectivity index (χ0v) is 27.7. The van der Waals surface area contributed by atoms with Gasteiger partial charge in [-0.15, -0.1) is 0 Å². The van der Waals surface area contributed by atoms with E-state index in [1.807, 2.05) is 44.4 Å². The Balaban J connectivity index is 0.00000165. The van der Waals surface area contributed by atoms with E-state index in [0.29, 0.717) is 0 Å². The van der Waals surface area contributed by atoms with Gasteiger partial charge in [-0.2, -0.15) is 0 Å². The lowest BCUT2D eigenvalue weighted by Gasteiger charge is -2.10. The second kappa shape index (κ2) is 12.0. The molecule has 0 spiro atoms. The number of para-hydroxylation sites is 2. The molecular formula is C43H37N5. The largest absolute Gasteiger partial charge is 0.313 e. The van der Waals surface area contributed by atoms with E-state index >= 15 is 0 Å². The Morgan fingerprint density at radius 3 is 1.77 bits per heavy atom. The van der Waals surface area contributed by atoms with Crippen LogP contribution in [-0.4, -0.2) is 23.7 Å². The van der Waals surface area contributed by atoms with Crippen molar-refractivity contribution in [2.75, 3.05) is 0 Å². The summed E-state index contributed by atoms with van der Waals surface area (Å²) in [4.78, 5) is 9.76. The van der Waals surface area contributed by atoms with E-state index in [9.17, 15) is 0 Å². The number of allylic oxidation sites excluding steroid dienone is 1. The Morgan fingerprint density at radius 1 is 0.542 bits per heavy atom. The highest BCUT2D eigenvalue weighted by Crippen LogP contribution is 2.45. The number of hydrogen-bond acceptors (Lipinski definition) is 2. The van der Waals surface area contributed by atoms with Gasteiger partial charge >= 0.3 is 0 Å². The van der Waals surface area contributed by atoms with E-state index in [1.54, 1.807) is 0 Å². The van der Waals surface area contributed by atoms with Crippen LogP contribution in [-0.2, 0) is 0 Å². The molecule has 0 aliphatic heterocycles. The monoisotopic (exact) mass is 623 g/mol. The number of aromatic nitrogens is 5. The van der Waals surface area contributed by atoms with E-state index in [-0.39, 0.29) is 0 Å². The number of nitrogens with zero attached hydrogens (tertiary/aromatic N) is 5. The predicted molar refractivity (Wildman–Crippen MR) is 203 cm³/mol. The molecule has 0 aliphatic rings. The van der Waals surface area contributed by atoms with E-state index < -0.39 is 0 Å². The van der Waals surface area contributed by atoms with Crippen molar-refractivity contribution in [2.24, 2.45) is 0 Å². The molecule has 0 atom stereocenters. The van der Waals surface area contributed by atoms with Crippen molar-refractivity contribution in [2.45, 2.75) is 34.1 Å². The topological polar surface area (TPSA) is 40.6 Å². The van der Waals surface area contributed by atoms with Crippen LogP contribution in [0.1, 0.15) is 38.4 Å². The predicted octanol–water partition coefficient (Wildman–Crippen LogP) is 11.4. The Labute approximate surface area is 280 Å². The summed E-state index contributed by atoms with van der Waals surface area (Å²) in [6, 6.07) is 40.8. The Kier molecular flexibility index (Phi) is 7.37. The summed E-state index contributed by atoms with van der Waals surface area (Å²) in [5.74, 6) is 1.80. The lowest BCUT2D eigenvalue weighted by Crippen LogP contribution is -1.98. The van der Waals surface area contributed by atoms with Crippen LogP contribution in [0.15, 0.2) is 134 Å². The minimum absolute atomic E-state index is 0.896. The summed E-state index contributed by atoms with van der Waals surface area (Å²) >= 11 is 0. The lowest BCUT2D eigenvalue weighted by atomic mass is 10.0. The van der Waals surface area contributed by atoms with Crippen molar-refractivity contribution >= 4 is 60.6 Å².